The van der Waals surface area contributed by atoms with Crippen molar-refractivity contribution < 1.29 is 14.2 Å². The Bertz CT molecular complexity index is 336. The molecule has 0 amide bonds. The van der Waals surface area contributed by atoms with Crippen LogP contribution < -0.4 is 14.2 Å². The van der Waals surface area contributed by atoms with Gasteiger partial charge in [0.2, 0.25) is 5.75 Å². The summed E-state index contributed by atoms with van der Waals surface area (Å²) >= 11 is 0. The zero-order valence-corrected chi connectivity index (χ0v) is 11.9. The molecule has 18 heavy (non-hydrogen) atoms. The van der Waals surface area contributed by atoms with Gasteiger partial charge in [0.1, 0.15) is 0 Å². The lowest BCUT2D eigenvalue weighted by atomic mass is 10.2. The van der Waals surface area contributed by atoms with E-state index < -0.39 is 0 Å². The van der Waals surface area contributed by atoms with E-state index in [9.17, 15) is 0 Å². The lowest BCUT2D eigenvalue weighted by molar-refractivity contribution is 0.267. The van der Waals surface area contributed by atoms with Crippen molar-refractivity contribution in [2.24, 2.45) is 0 Å². The van der Waals surface area contributed by atoms with Crippen LogP contribution in [0.3, 0.4) is 0 Å². The molecule has 0 bridgehead atoms. The molecule has 0 atom stereocenters. The predicted octanol–water partition coefficient (Wildman–Crippen LogP) is 3.97. The molecule has 102 valence electrons. The van der Waals surface area contributed by atoms with Crippen LogP contribution in [0.25, 0.3) is 0 Å². The summed E-state index contributed by atoms with van der Waals surface area (Å²) in [7, 11) is 3.30. The average molecular weight is 252 g/mol. The normalized spacial score (nSPS) is 10.2. The fourth-order valence-electron chi connectivity index (χ4n) is 1.86. The number of aryl methyl sites for hydroxylation is 1. The minimum absolute atomic E-state index is 0.704. The molecule has 1 aromatic carbocycles. The third-order valence-electron chi connectivity index (χ3n) is 2.85. The van der Waals surface area contributed by atoms with E-state index in [-0.39, 0.29) is 0 Å². The molecule has 0 saturated heterocycles. The molecule has 3 heteroatoms. The standard InChI is InChI=1S/C15H24O3/c1-5-6-7-8-9-18-15-13(16-3)10-12(2)11-14(15)17-4/h10-11H,5-9H2,1-4H3. The number of unbranched alkanes of at least 4 members (excludes halogenated alkanes) is 3. The first-order valence-electron chi connectivity index (χ1n) is 6.58. The molecule has 0 unspecified atom stereocenters. The Hall–Kier alpha value is -1.38. The second kappa shape index (κ2) is 7.85. The van der Waals surface area contributed by atoms with E-state index in [0.717, 1.165) is 23.5 Å². The van der Waals surface area contributed by atoms with Gasteiger partial charge in [-0.3, -0.25) is 0 Å². The fourth-order valence-corrected chi connectivity index (χ4v) is 1.86. The molecule has 0 radical (unpaired) electrons. The maximum Gasteiger partial charge on any atom is 0.203 e. The van der Waals surface area contributed by atoms with E-state index in [1.165, 1.54) is 19.3 Å². The number of rotatable bonds is 8. The van der Waals surface area contributed by atoms with Gasteiger partial charge in [-0.1, -0.05) is 26.2 Å². The summed E-state index contributed by atoms with van der Waals surface area (Å²) in [6.07, 6.45) is 4.75. The zero-order chi connectivity index (χ0) is 13.4. The van der Waals surface area contributed by atoms with Crippen molar-refractivity contribution in [3.63, 3.8) is 0 Å². The first-order valence-corrected chi connectivity index (χ1v) is 6.58. The van der Waals surface area contributed by atoms with Crippen molar-refractivity contribution in [3.8, 4) is 17.2 Å². The van der Waals surface area contributed by atoms with E-state index in [0.29, 0.717) is 12.4 Å². The molecule has 0 fully saturated rings. The molecule has 1 rings (SSSR count). The molecule has 0 N–H and O–H groups in total. The van der Waals surface area contributed by atoms with Gasteiger partial charge in [-0.25, -0.2) is 0 Å². The Kier molecular flexibility index (Phi) is 6.40. The van der Waals surface area contributed by atoms with Gasteiger partial charge in [0.25, 0.3) is 0 Å². The van der Waals surface area contributed by atoms with Crippen molar-refractivity contribution in [1.29, 1.82) is 0 Å². The van der Waals surface area contributed by atoms with Crippen LogP contribution >= 0.6 is 0 Å². The predicted molar refractivity (Wildman–Crippen MR) is 73.9 cm³/mol. The van der Waals surface area contributed by atoms with Crippen LogP contribution in [-0.4, -0.2) is 20.8 Å². The van der Waals surface area contributed by atoms with Gasteiger partial charge in [0, 0.05) is 0 Å². The second-order valence-corrected chi connectivity index (χ2v) is 4.41. The number of benzene rings is 1. The molecular formula is C15H24O3. The van der Waals surface area contributed by atoms with E-state index in [2.05, 4.69) is 6.92 Å². The largest absolute Gasteiger partial charge is 0.493 e. The van der Waals surface area contributed by atoms with Crippen LogP contribution in [0, 0.1) is 6.92 Å². The highest BCUT2D eigenvalue weighted by Gasteiger charge is 2.12. The van der Waals surface area contributed by atoms with Gasteiger partial charge in [-0.15, -0.1) is 0 Å². The van der Waals surface area contributed by atoms with Crippen molar-refractivity contribution in [3.05, 3.63) is 17.7 Å². The first kappa shape index (κ1) is 14.7. The van der Waals surface area contributed by atoms with Gasteiger partial charge in [-0.05, 0) is 31.0 Å². The quantitative estimate of drug-likeness (QED) is 0.655. The smallest absolute Gasteiger partial charge is 0.203 e. The monoisotopic (exact) mass is 252 g/mol. The van der Waals surface area contributed by atoms with Crippen LogP contribution in [0.4, 0.5) is 0 Å². The SMILES string of the molecule is CCCCCCOc1c(OC)cc(C)cc1OC. The van der Waals surface area contributed by atoms with Gasteiger partial charge >= 0.3 is 0 Å². The van der Waals surface area contributed by atoms with Crippen molar-refractivity contribution in [2.45, 2.75) is 39.5 Å². The van der Waals surface area contributed by atoms with E-state index in [1.807, 2.05) is 19.1 Å². The molecule has 0 saturated carbocycles. The summed E-state index contributed by atoms with van der Waals surface area (Å²) in [5.41, 5.74) is 1.10. The lowest BCUT2D eigenvalue weighted by Gasteiger charge is -2.15. The number of ether oxygens (including phenoxy) is 3. The third-order valence-corrected chi connectivity index (χ3v) is 2.85. The van der Waals surface area contributed by atoms with Crippen LogP contribution in [-0.2, 0) is 0 Å². The highest BCUT2D eigenvalue weighted by molar-refractivity contribution is 5.53. The average Bonchev–Trinajstić information content (AvgIpc) is 2.39. The third kappa shape index (κ3) is 4.13. The molecule has 1 aromatic rings. The van der Waals surface area contributed by atoms with Crippen molar-refractivity contribution >= 4 is 0 Å². The number of hydrogen-bond acceptors (Lipinski definition) is 3. The zero-order valence-electron chi connectivity index (χ0n) is 11.9. The van der Waals surface area contributed by atoms with E-state index in [4.69, 9.17) is 14.2 Å². The maximum atomic E-state index is 5.80. The molecule has 0 aliphatic carbocycles. The maximum absolute atomic E-state index is 5.80. The summed E-state index contributed by atoms with van der Waals surface area (Å²) < 4.78 is 16.5. The van der Waals surface area contributed by atoms with Crippen LogP contribution in [0.1, 0.15) is 38.2 Å². The van der Waals surface area contributed by atoms with Crippen LogP contribution in [0.15, 0.2) is 12.1 Å². The number of hydrogen-bond donors (Lipinski definition) is 0. The Labute approximate surface area is 110 Å². The highest BCUT2D eigenvalue weighted by atomic mass is 16.5. The Morgan fingerprint density at radius 2 is 1.56 bits per heavy atom. The molecule has 0 heterocycles. The van der Waals surface area contributed by atoms with Gasteiger partial charge in [0.15, 0.2) is 11.5 Å². The topological polar surface area (TPSA) is 27.7 Å². The van der Waals surface area contributed by atoms with Crippen LogP contribution in [0.5, 0.6) is 17.2 Å². The molecular weight excluding hydrogens is 228 g/mol. The minimum Gasteiger partial charge on any atom is -0.493 e. The molecule has 0 aromatic heterocycles. The minimum atomic E-state index is 0.704. The molecule has 3 nitrogen and oxygen atoms in total. The summed E-state index contributed by atoms with van der Waals surface area (Å²) in [5, 5.41) is 0. The highest BCUT2D eigenvalue weighted by Crippen LogP contribution is 2.38. The molecule has 0 aliphatic rings. The summed E-state index contributed by atoms with van der Waals surface area (Å²) in [5.74, 6) is 2.19. The summed E-state index contributed by atoms with van der Waals surface area (Å²) in [4.78, 5) is 0. The van der Waals surface area contributed by atoms with Gasteiger partial charge in [-0.2, -0.15) is 0 Å². The Morgan fingerprint density at radius 3 is 2.06 bits per heavy atom. The summed E-state index contributed by atoms with van der Waals surface area (Å²) in [6, 6.07) is 3.92. The fraction of sp³-hybridized carbons (Fsp3) is 0.600. The van der Waals surface area contributed by atoms with Crippen LogP contribution in [0.2, 0.25) is 0 Å². The first-order chi connectivity index (χ1) is 8.72. The van der Waals surface area contributed by atoms with Gasteiger partial charge < -0.3 is 14.2 Å². The van der Waals surface area contributed by atoms with Crippen molar-refractivity contribution in [1.82, 2.24) is 0 Å². The van der Waals surface area contributed by atoms with E-state index in [1.54, 1.807) is 14.2 Å². The molecule has 0 aliphatic heterocycles. The van der Waals surface area contributed by atoms with Crippen molar-refractivity contribution in [2.75, 3.05) is 20.8 Å². The second-order valence-electron chi connectivity index (χ2n) is 4.41. The molecule has 0 spiro atoms. The Balaban J connectivity index is 2.67. The Morgan fingerprint density at radius 1 is 0.944 bits per heavy atom. The summed E-state index contributed by atoms with van der Waals surface area (Å²) in [6.45, 7) is 4.92. The van der Waals surface area contributed by atoms with E-state index >= 15 is 0 Å². The lowest BCUT2D eigenvalue weighted by Crippen LogP contribution is -2.02. The number of methoxy groups -OCH3 is 2. The van der Waals surface area contributed by atoms with Gasteiger partial charge in [0.05, 0.1) is 20.8 Å².